The number of para-hydroxylation sites is 1. The van der Waals surface area contributed by atoms with E-state index in [9.17, 15) is 18.0 Å². The first-order chi connectivity index (χ1) is 9.48. The van der Waals surface area contributed by atoms with Crippen molar-refractivity contribution in [1.82, 2.24) is 9.78 Å². The van der Waals surface area contributed by atoms with Crippen LogP contribution in [0.5, 0.6) is 0 Å². The average molecular weight is 280 g/mol. The molecule has 0 amide bonds. The van der Waals surface area contributed by atoms with E-state index in [0.717, 1.165) is 6.07 Å². The molecular weight excluding hydrogens is 269 g/mol. The number of alkyl halides is 3. The molecule has 1 aromatic carbocycles. The van der Waals surface area contributed by atoms with Crippen molar-refractivity contribution in [2.45, 2.75) is 25.4 Å². The molecule has 104 valence electrons. The lowest BCUT2D eigenvalue weighted by molar-refractivity contribution is -0.137. The van der Waals surface area contributed by atoms with Gasteiger partial charge in [-0.2, -0.15) is 18.3 Å². The van der Waals surface area contributed by atoms with E-state index in [1.807, 2.05) is 0 Å². The maximum atomic E-state index is 13.0. The van der Waals surface area contributed by atoms with Gasteiger partial charge < -0.3 is 0 Å². The van der Waals surface area contributed by atoms with Crippen LogP contribution in [0.1, 0.15) is 34.5 Å². The van der Waals surface area contributed by atoms with Gasteiger partial charge in [0.25, 0.3) is 0 Å². The molecule has 1 heterocycles. The third kappa shape index (κ3) is 2.01. The number of nitrogens with zero attached hydrogens (tertiary/aromatic N) is 2. The minimum atomic E-state index is -4.45. The standard InChI is InChI=1S/C14H11F3N2O/c15-14(16,17)10-4-1-2-5-12(10)19-11-6-3-7-13(20)9(11)8-18-19/h1-2,4-5,8H,3,6-7H2. The topological polar surface area (TPSA) is 34.9 Å². The molecule has 2 aromatic rings. The van der Waals surface area contributed by atoms with Gasteiger partial charge in [0.1, 0.15) is 0 Å². The normalized spacial score (nSPS) is 15.2. The minimum absolute atomic E-state index is 0.0315. The molecule has 0 saturated carbocycles. The highest BCUT2D eigenvalue weighted by Crippen LogP contribution is 2.35. The highest BCUT2D eigenvalue weighted by Gasteiger charge is 2.35. The van der Waals surface area contributed by atoms with Crippen LogP contribution < -0.4 is 0 Å². The first kappa shape index (κ1) is 12.9. The predicted octanol–water partition coefficient (Wildman–Crippen LogP) is 3.41. The molecule has 0 radical (unpaired) electrons. The van der Waals surface area contributed by atoms with Crippen molar-refractivity contribution in [2.24, 2.45) is 0 Å². The quantitative estimate of drug-likeness (QED) is 0.802. The maximum Gasteiger partial charge on any atom is 0.418 e. The molecular formula is C14H11F3N2O. The molecule has 20 heavy (non-hydrogen) atoms. The fourth-order valence-corrected chi connectivity index (χ4v) is 2.50. The largest absolute Gasteiger partial charge is 0.418 e. The number of fused-ring (bicyclic) bond motifs is 1. The Labute approximate surface area is 113 Å². The summed E-state index contributed by atoms with van der Waals surface area (Å²) >= 11 is 0. The van der Waals surface area contributed by atoms with Gasteiger partial charge in [-0.25, -0.2) is 4.68 Å². The number of ketones is 1. The zero-order valence-corrected chi connectivity index (χ0v) is 10.4. The van der Waals surface area contributed by atoms with Gasteiger partial charge in [-0.05, 0) is 25.0 Å². The van der Waals surface area contributed by atoms with Gasteiger partial charge in [-0.3, -0.25) is 4.79 Å². The lowest BCUT2D eigenvalue weighted by Crippen LogP contribution is -2.16. The molecule has 6 heteroatoms. The first-order valence-electron chi connectivity index (χ1n) is 6.25. The fraction of sp³-hybridized carbons (Fsp3) is 0.286. The number of aromatic nitrogens is 2. The van der Waals surface area contributed by atoms with Gasteiger partial charge in [-0.1, -0.05) is 12.1 Å². The smallest absolute Gasteiger partial charge is 0.294 e. The lowest BCUT2D eigenvalue weighted by atomic mass is 9.96. The summed E-state index contributed by atoms with van der Waals surface area (Å²) in [7, 11) is 0. The van der Waals surface area contributed by atoms with E-state index in [0.29, 0.717) is 30.5 Å². The summed E-state index contributed by atoms with van der Waals surface area (Å²) in [4.78, 5) is 11.7. The van der Waals surface area contributed by atoms with E-state index < -0.39 is 11.7 Å². The number of rotatable bonds is 1. The lowest BCUT2D eigenvalue weighted by Gasteiger charge is -2.17. The summed E-state index contributed by atoms with van der Waals surface area (Å²) in [5.41, 5.74) is 0.228. The van der Waals surface area contributed by atoms with E-state index in [1.165, 1.54) is 29.1 Å². The second-order valence-corrected chi connectivity index (χ2v) is 4.71. The van der Waals surface area contributed by atoms with Crippen LogP contribution in [0.25, 0.3) is 5.69 Å². The van der Waals surface area contributed by atoms with Crippen molar-refractivity contribution in [3.05, 3.63) is 47.3 Å². The minimum Gasteiger partial charge on any atom is -0.294 e. The average Bonchev–Trinajstić information content (AvgIpc) is 2.83. The molecule has 1 aliphatic carbocycles. The molecule has 0 atom stereocenters. The second kappa shape index (κ2) is 4.47. The Morgan fingerprint density at radius 3 is 2.65 bits per heavy atom. The number of Topliss-reactive ketones (excluding diaryl/α,β-unsaturated/α-hetero) is 1. The predicted molar refractivity (Wildman–Crippen MR) is 65.8 cm³/mol. The number of benzene rings is 1. The molecule has 0 aliphatic heterocycles. The fourth-order valence-electron chi connectivity index (χ4n) is 2.50. The van der Waals surface area contributed by atoms with Crippen LogP contribution in [0, 0.1) is 0 Å². The van der Waals surface area contributed by atoms with E-state index in [-0.39, 0.29) is 11.5 Å². The highest BCUT2D eigenvalue weighted by atomic mass is 19.4. The Balaban J connectivity index is 2.18. The molecule has 0 spiro atoms. The van der Waals surface area contributed by atoms with Gasteiger partial charge >= 0.3 is 6.18 Å². The Morgan fingerprint density at radius 2 is 1.90 bits per heavy atom. The number of carbonyl (C=O) groups is 1. The van der Waals surface area contributed by atoms with E-state index in [4.69, 9.17) is 0 Å². The molecule has 0 unspecified atom stereocenters. The summed E-state index contributed by atoms with van der Waals surface area (Å²) < 4.78 is 40.4. The van der Waals surface area contributed by atoms with E-state index in [1.54, 1.807) is 0 Å². The van der Waals surface area contributed by atoms with Crippen LogP contribution in [-0.4, -0.2) is 15.6 Å². The molecule has 0 bridgehead atoms. The van der Waals surface area contributed by atoms with Crippen molar-refractivity contribution in [1.29, 1.82) is 0 Å². The van der Waals surface area contributed by atoms with Crippen LogP contribution in [0.3, 0.4) is 0 Å². The molecule has 3 rings (SSSR count). The third-order valence-corrected chi connectivity index (χ3v) is 3.42. The Kier molecular flexibility index (Phi) is 2.88. The third-order valence-electron chi connectivity index (χ3n) is 3.42. The van der Waals surface area contributed by atoms with Crippen molar-refractivity contribution >= 4 is 5.78 Å². The molecule has 1 aromatic heterocycles. The van der Waals surface area contributed by atoms with Gasteiger partial charge in [-0.15, -0.1) is 0 Å². The number of carbonyl (C=O) groups excluding carboxylic acids is 1. The van der Waals surface area contributed by atoms with Crippen LogP contribution >= 0.6 is 0 Å². The Morgan fingerprint density at radius 1 is 1.15 bits per heavy atom. The number of hydrogen-bond donors (Lipinski definition) is 0. The molecule has 0 fully saturated rings. The molecule has 0 saturated heterocycles. The summed E-state index contributed by atoms with van der Waals surface area (Å²) in [6.45, 7) is 0. The van der Waals surface area contributed by atoms with Crippen molar-refractivity contribution in [3.63, 3.8) is 0 Å². The van der Waals surface area contributed by atoms with Crippen molar-refractivity contribution in [2.75, 3.05) is 0 Å². The monoisotopic (exact) mass is 280 g/mol. The van der Waals surface area contributed by atoms with Gasteiger partial charge in [0.2, 0.25) is 0 Å². The van der Waals surface area contributed by atoms with Crippen LogP contribution in [-0.2, 0) is 12.6 Å². The van der Waals surface area contributed by atoms with Gasteiger partial charge in [0.05, 0.1) is 28.7 Å². The highest BCUT2D eigenvalue weighted by molar-refractivity contribution is 5.98. The van der Waals surface area contributed by atoms with Crippen LogP contribution in [0.2, 0.25) is 0 Å². The molecule has 3 nitrogen and oxygen atoms in total. The summed E-state index contributed by atoms with van der Waals surface area (Å²) in [6.07, 6.45) is -1.45. The van der Waals surface area contributed by atoms with E-state index in [2.05, 4.69) is 5.10 Å². The number of halogens is 3. The Hall–Kier alpha value is -2.11. The second-order valence-electron chi connectivity index (χ2n) is 4.71. The summed E-state index contributed by atoms with van der Waals surface area (Å²) in [6, 6.07) is 5.26. The molecule has 0 N–H and O–H groups in total. The summed E-state index contributed by atoms with van der Waals surface area (Å²) in [5.74, 6) is -0.0537. The molecule has 1 aliphatic rings. The first-order valence-corrected chi connectivity index (χ1v) is 6.25. The summed E-state index contributed by atoms with van der Waals surface area (Å²) in [5, 5.41) is 3.99. The Bertz CT molecular complexity index is 673. The van der Waals surface area contributed by atoms with Crippen LogP contribution in [0.15, 0.2) is 30.5 Å². The van der Waals surface area contributed by atoms with Gasteiger partial charge in [0.15, 0.2) is 5.78 Å². The van der Waals surface area contributed by atoms with Crippen molar-refractivity contribution in [3.8, 4) is 5.69 Å². The van der Waals surface area contributed by atoms with E-state index >= 15 is 0 Å². The zero-order valence-electron chi connectivity index (χ0n) is 10.4. The van der Waals surface area contributed by atoms with Gasteiger partial charge in [0, 0.05) is 6.42 Å². The van der Waals surface area contributed by atoms with Crippen molar-refractivity contribution < 1.29 is 18.0 Å². The van der Waals surface area contributed by atoms with Crippen LogP contribution in [0.4, 0.5) is 13.2 Å². The number of hydrogen-bond acceptors (Lipinski definition) is 2. The SMILES string of the molecule is O=C1CCCc2c1cnn2-c1ccccc1C(F)(F)F. The maximum absolute atomic E-state index is 13.0. The zero-order chi connectivity index (χ0) is 14.3.